The largest absolute Gasteiger partial charge is 0.481 e. The van der Waals surface area contributed by atoms with Gasteiger partial charge in [-0.05, 0) is 25.7 Å². The molecule has 6 heteroatoms. The quantitative estimate of drug-likeness (QED) is 0.626. The van der Waals surface area contributed by atoms with E-state index in [2.05, 4.69) is 5.32 Å². The highest BCUT2D eigenvalue weighted by atomic mass is 16.4. The Hall–Kier alpha value is -1.14. The Kier molecular flexibility index (Phi) is 4.19. The molecule has 1 saturated heterocycles. The molecule has 0 bridgehead atoms. The number of nitrogens with zero attached hydrogens (tertiary/aromatic N) is 1. The Morgan fingerprint density at radius 1 is 1.22 bits per heavy atom. The predicted octanol–water partition coefficient (Wildman–Crippen LogP) is -0.577. The fourth-order valence-corrected chi connectivity index (χ4v) is 2.47. The average Bonchev–Trinajstić information content (AvgIpc) is 2.33. The summed E-state index contributed by atoms with van der Waals surface area (Å²) in [6.07, 6.45) is 2.30. The maximum Gasteiger partial charge on any atom is 0.306 e. The lowest BCUT2D eigenvalue weighted by Gasteiger charge is -2.34. The van der Waals surface area contributed by atoms with Crippen LogP contribution in [0.5, 0.6) is 0 Å². The van der Waals surface area contributed by atoms with Crippen LogP contribution in [0.1, 0.15) is 25.7 Å². The third kappa shape index (κ3) is 3.20. The van der Waals surface area contributed by atoms with Crippen LogP contribution in [0.2, 0.25) is 0 Å². The van der Waals surface area contributed by atoms with Gasteiger partial charge in [-0.15, -0.1) is 0 Å². The molecule has 18 heavy (non-hydrogen) atoms. The topological polar surface area (TPSA) is 89.9 Å². The minimum atomic E-state index is -0.760. The number of hydrogen-bond acceptors (Lipinski definition) is 4. The molecule has 2 fully saturated rings. The van der Waals surface area contributed by atoms with Crippen molar-refractivity contribution in [3.63, 3.8) is 0 Å². The van der Waals surface area contributed by atoms with E-state index in [0.29, 0.717) is 38.8 Å². The molecule has 0 spiro atoms. The number of aliphatic hydroxyl groups excluding tert-OH is 1. The maximum atomic E-state index is 11.9. The van der Waals surface area contributed by atoms with Crippen molar-refractivity contribution in [1.82, 2.24) is 10.2 Å². The second-order valence-electron chi connectivity index (χ2n) is 5.20. The third-order valence-corrected chi connectivity index (χ3v) is 3.85. The number of carbonyl (C=O) groups is 2. The van der Waals surface area contributed by atoms with Crippen molar-refractivity contribution in [2.45, 2.75) is 37.8 Å². The molecule has 2 rings (SSSR count). The second kappa shape index (κ2) is 5.67. The Morgan fingerprint density at radius 3 is 2.33 bits per heavy atom. The Balaban J connectivity index is 1.66. The van der Waals surface area contributed by atoms with Crippen LogP contribution in [0, 0.1) is 5.92 Å². The van der Waals surface area contributed by atoms with Gasteiger partial charge in [-0.3, -0.25) is 9.59 Å². The van der Waals surface area contributed by atoms with Crippen LogP contribution >= 0.6 is 0 Å². The smallest absolute Gasteiger partial charge is 0.306 e. The van der Waals surface area contributed by atoms with Gasteiger partial charge in [0.05, 0.1) is 18.6 Å². The van der Waals surface area contributed by atoms with Crippen molar-refractivity contribution in [2.75, 3.05) is 19.6 Å². The van der Waals surface area contributed by atoms with Crippen LogP contribution in [-0.2, 0) is 9.59 Å². The summed E-state index contributed by atoms with van der Waals surface area (Å²) in [4.78, 5) is 24.4. The molecule has 0 aromatic carbocycles. The van der Waals surface area contributed by atoms with E-state index in [-0.39, 0.29) is 30.5 Å². The monoisotopic (exact) mass is 256 g/mol. The molecule has 1 aliphatic heterocycles. The van der Waals surface area contributed by atoms with Crippen LogP contribution in [0.15, 0.2) is 0 Å². The summed E-state index contributed by atoms with van der Waals surface area (Å²) in [6, 6.07) is 0.250. The van der Waals surface area contributed by atoms with Crippen molar-refractivity contribution < 1.29 is 19.8 Å². The number of carboxylic acids is 1. The molecule has 0 aromatic rings. The van der Waals surface area contributed by atoms with Gasteiger partial charge in [0.1, 0.15) is 0 Å². The van der Waals surface area contributed by atoms with Gasteiger partial charge < -0.3 is 20.4 Å². The molecule has 1 heterocycles. The summed E-state index contributed by atoms with van der Waals surface area (Å²) in [6.45, 7) is 1.35. The van der Waals surface area contributed by atoms with Crippen molar-refractivity contribution in [3.8, 4) is 0 Å². The normalized spacial score (nSPS) is 28.8. The fourth-order valence-electron chi connectivity index (χ4n) is 2.47. The zero-order valence-electron chi connectivity index (χ0n) is 10.3. The number of rotatable bonds is 4. The first kappa shape index (κ1) is 13.3. The number of carboxylic acid groups (broad SMARTS) is 1. The number of hydrogen-bond donors (Lipinski definition) is 3. The zero-order valence-corrected chi connectivity index (χ0v) is 10.3. The lowest BCUT2D eigenvalue weighted by molar-refractivity contribution is -0.145. The van der Waals surface area contributed by atoms with E-state index in [1.807, 2.05) is 0 Å². The highest BCUT2D eigenvalue weighted by Crippen LogP contribution is 2.20. The molecule has 0 unspecified atom stereocenters. The summed E-state index contributed by atoms with van der Waals surface area (Å²) < 4.78 is 0. The minimum absolute atomic E-state index is 0.0280. The average molecular weight is 256 g/mol. The van der Waals surface area contributed by atoms with E-state index in [1.165, 1.54) is 0 Å². The third-order valence-electron chi connectivity index (χ3n) is 3.85. The number of amides is 1. The van der Waals surface area contributed by atoms with Gasteiger partial charge in [-0.1, -0.05) is 0 Å². The van der Waals surface area contributed by atoms with Crippen LogP contribution in [0.3, 0.4) is 0 Å². The van der Waals surface area contributed by atoms with Crippen LogP contribution in [-0.4, -0.2) is 58.8 Å². The van der Waals surface area contributed by atoms with Gasteiger partial charge in [0, 0.05) is 19.1 Å². The first-order valence-electron chi connectivity index (χ1n) is 6.48. The number of piperidine rings is 1. The highest BCUT2D eigenvalue weighted by Gasteiger charge is 2.29. The van der Waals surface area contributed by atoms with Crippen molar-refractivity contribution >= 4 is 11.9 Å². The van der Waals surface area contributed by atoms with E-state index < -0.39 is 5.97 Å². The van der Waals surface area contributed by atoms with Gasteiger partial charge in [-0.25, -0.2) is 0 Å². The minimum Gasteiger partial charge on any atom is -0.481 e. The SMILES string of the molecule is O=C(O)C1CCN(C(=O)CNC2CC(O)C2)CC1. The molecule has 0 radical (unpaired) electrons. The Morgan fingerprint density at radius 2 is 1.83 bits per heavy atom. The molecule has 2 aliphatic rings. The van der Waals surface area contributed by atoms with Gasteiger partial charge in [0.2, 0.25) is 5.91 Å². The standard InChI is InChI=1S/C12H20N2O4/c15-10-5-9(6-10)13-7-11(16)14-3-1-8(2-4-14)12(17)18/h8-10,13,15H,1-7H2,(H,17,18). The molecule has 0 atom stereocenters. The number of aliphatic hydroxyl groups is 1. The lowest BCUT2D eigenvalue weighted by atomic mass is 9.89. The first-order valence-corrected chi connectivity index (χ1v) is 6.48. The molecule has 3 N–H and O–H groups in total. The molecule has 1 amide bonds. The summed E-state index contributed by atoms with van der Waals surface area (Å²) in [5, 5.41) is 21.1. The van der Waals surface area contributed by atoms with Gasteiger partial charge in [0.15, 0.2) is 0 Å². The molecule has 1 aliphatic carbocycles. The fraction of sp³-hybridized carbons (Fsp3) is 0.833. The van der Waals surface area contributed by atoms with Gasteiger partial charge >= 0.3 is 5.97 Å². The number of carbonyl (C=O) groups excluding carboxylic acids is 1. The number of aliphatic carboxylic acids is 1. The van der Waals surface area contributed by atoms with Crippen LogP contribution in [0.25, 0.3) is 0 Å². The predicted molar refractivity (Wildman–Crippen MR) is 64.0 cm³/mol. The van der Waals surface area contributed by atoms with Gasteiger partial charge in [-0.2, -0.15) is 0 Å². The van der Waals surface area contributed by atoms with E-state index in [1.54, 1.807) is 4.90 Å². The summed E-state index contributed by atoms with van der Waals surface area (Å²) in [5.41, 5.74) is 0. The highest BCUT2D eigenvalue weighted by molar-refractivity contribution is 5.79. The number of nitrogens with one attached hydrogen (secondary N) is 1. The molecule has 1 saturated carbocycles. The van der Waals surface area contributed by atoms with Gasteiger partial charge in [0.25, 0.3) is 0 Å². The molecule has 102 valence electrons. The van der Waals surface area contributed by atoms with Crippen LogP contribution in [0.4, 0.5) is 0 Å². The molecule has 6 nitrogen and oxygen atoms in total. The van der Waals surface area contributed by atoms with Crippen molar-refractivity contribution in [1.29, 1.82) is 0 Å². The second-order valence-corrected chi connectivity index (χ2v) is 5.20. The Bertz CT molecular complexity index is 320. The van der Waals surface area contributed by atoms with E-state index in [9.17, 15) is 9.59 Å². The number of likely N-dealkylation sites (tertiary alicyclic amines) is 1. The van der Waals surface area contributed by atoms with Crippen molar-refractivity contribution in [2.24, 2.45) is 5.92 Å². The van der Waals surface area contributed by atoms with E-state index in [0.717, 1.165) is 0 Å². The lowest BCUT2D eigenvalue weighted by Crippen LogP contribution is -2.50. The zero-order chi connectivity index (χ0) is 13.1. The van der Waals surface area contributed by atoms with Crippen LogP contribution < -0.4 is 5.32 Å². The summed E-state index contributed by atoms with van der Waals surface area (Å²) >= 11 is 0. The first-order chi connectivity index (χ1) is 8.56. The molecule has 0 aromatic heterocycles. The Labute approximate surface area is 106 Å². The van der Waals surface area contributed by atoms with E-state index >= 15 is 0 Å². The van der Waals surface area contributed by atoms with Crippen molar-refractivity contribution in [3.05, 3.63) is 0 Å². The summed E-state index contributed by atoms with van der Waals surface area (Å²) in [5.74, 6) is -1.03. The molecular formula is C12H20N2O4. The van der Waals surface area contributed by atoms with E-state index in [4.69, 9.17) is 10.2 Å². The maximum absolute atomic E-state index is 11.9. The molecular weight excluding hydrogens is 236 g/mol. The summed E-state index contributed by atoms with van der Waals surface area (Å²) in [7, 11) is 0.